The molecule has 0 bridgehead atoms. The summed E-state index contributed by atoms with van der Waals surface area (Å²) >= 11 is 0. The van der Waals surface area contributed by atoms with Crippen LogP contribution in [0.15, 0.2) is 0 Å². The molecule has 2 saturated carbocycles. The monoisotopic (exact) mass is 196 g/mol. The van der Waals surface area contributed by atoms with Gasteiger partial charge >= 0.3 is 0 Å². The second-order valence-electron chi connectivity index (χ2n) is 5.16. The van der Waals surface area contributed by atoms with E-state index in [1.807, 2.05) is 0 Å². The van der Waals surface area contributed by atoms with Crippen molar-refractivity contribution < 1.29 is 4.79 Å². The van der Waals surface area contributed by atoms with Gasteiger partial charge in [-0.2, -0.15) is 0 Å². The van der Waals surface area contributed by atoms with Gasteiger partial charge in [0.15, 0.2) is 0 Å². The van der Waals surface area contributed by atoms with Crippen LogP contribution in [0.5, 0.6) is 0 Å². The number of nitrogens with one attached hydrogen (secondary N) is 2. The summed E-state index contributed by atoms with van der Waals surface area (Å²) in [6.07, 6.45) is 5.21. The number of hydrogen-bond donors (Lipinski definition) is 2. The zero-order valence-corrected chi connectivity index (χ0v) is 8.94. The highest BCUT2D eigenvalue weighted by atomic mass is 16.1. The molecule has 3 nitrogen and oxygen atoms in total. The van der Waals surface area contributed by atoms with Gasteiger partial charge in [0.05, 0.1) is 6.54 Å². The van der Waals surface area contributed by atoms with Crippen LogP contribution in [-0.4, -0.2) is 25.5 Å². The molecule has 2 fully saturated rings. The van der Waals surface area contributed by atoms with Crippen LogP contribution in [0.25, 0.3) is 0 Å². The first-order valence-corrected chi connectivity index (χ1v) is 5.65. The van der Waals surface area contributed by atoms with E-state index in [-0.39, 0.29) is 5.91 Å². The molecular formula is C11H20N2O. The zero-order chi connectivity index (χ0) is 10.0. The van der Waals surface area contributed by atoms with E-state index in [1.165, 1.54) is 25.7 Å². The molecule has 2 aliphatic rings. The van der Waals surface area contributed by atoms with Gasteiger partial charge in [0.1, 0.15) is 0 Å². The lowest BCUT2D eigenvalue weighted by Crippen LogP contribution is -2.37. The fourth-order valence-corrected chi connectivity index (χ4v) is 1.48. The fraction of sp³-hybridized carbons (Fsp3) is 0.909. The first-order chi connectivity index (χ1) is 6.68. The molecule has 1 amide bonds. The standard InChI is InChI=1S/C11H20N2O/c1-11(4-5-11)8-13-10(14)7-12-6-9-2-3-9/h9,12H,2-8H2,1H3,(H,13,14). The number of hydrogen-bond acceptors (Lipinski definition) is 2. The Bertz CT molecular complexity index is 219. The van der Waals surface area contributed by atoms with Crippen molar-refractivity contribution in [1.82, 2.24) is 10.6 Å². The fourth-order valence-electron chi connectivity index (χ4n) is 1.48. The minimum atomic E-state index is 0.152. The van der Waals surface area contributed by atoms with Crippen LogP contribution in [0.1, 0.15) is 32.6 Å². The molecule has 0 radical (unpaired) electrons. The summed E-state index contributed by atoms with van der Waals surface area (Å²) in [5, 5.41) is 6.17. The molecule has 0 aromatic carbocycles. The van der Waals surface area contributed by atoms with E-state index in [0.29, 0.717) is 12.0 Å². The van der Waals surface area contributed by atoms with Crippen LogP contribution >= 0.6 is 0 Å². The molecule has 14 heavy (non-hydrogen) atoms. The maximum absolute atomic E-state index is 11.3. The molecule has 80 valence electrons. The average Bonchev–Trinajstić information content (AvgIpc) is 3.01. The molecule has 0 saturated heterocycles. The molecule has 0 aromatic rings. The highest BCUT2D eigenvalue weighted by molar-refractivity contribution is 5.78. The third-order valence-electron chi connectivity index (χ3n) is 3.23. The highest BCUT2D eigenvalue weighted by Crippen LogP contribution is 2.43. The van der Waals surface area contributed by atoms with Crippen molar-refractivity contribution in [3.63, 3.8) is 0 Å². The number of rotatable bonds is 6. The second kappa shape index (κ2) is 3.89. The van der Waals surface area contributed by atoms with Gasteiger partial charge in [0.2, 0.25) is 5.91 Å². The molecule has 0 aliphatic heterocycles. The molecule has 0 spiro atoms. The lowest BCUT2D eigenvalue weighted by molar-refractivity contribution is -0.120. The van der Waals surface area contributed by atoms with Crippen molar-refractivity contribution in [2.45, 2.75) is 32.6 Å². The van der Waals surface area contributed by atoms with Crippen LogP contribution in [0.3, 0.4) is 0 Å². The number of carbonyl (C=O) groups is 1. The van der Waals surface area contributed by atoms with Crippen LogP contribution in [0.4, 0.5) is 0 Å². The Morgan fingerprint density at radius 2 is 2.14 bits per heavy atom. The summed E-state index contributed by atoms with van der Waals surface area (Å²) in [5.74, 6) is 1.00. The number of carbonyl (C=O) groups excluding carboxylic acids is 1. The van der Waals surface area contributed by atoms with Gasteiger partial charge in [-0.1, -0.05) is 6.92 Å². The Morgan fingerprint density at radius 3 is 2.71 bits per heavy atom. The Morgan fingerprint density at radius 1 is 1.43 bits per heavy atom. The van der Waals surface area contributed by atoms with Gasteiger partial charge in [-0.15, -0.1) is 0 Å². The van der Waals surface area contributed by atoms with Crippen LogP contribution in [-0.2, 0) is 4.79 Å². The Hall–Kier alpha value is -0.570. The van der Waals surface area contributed by atoms with Crippen LogP contribution in [0.2, 0.25) is 0 Å². The lowest BCUT2D eigenvalue weighted by Gasteiger charge is -2.10. The van der Waals surface area contributed by atoms with Crippen molar-refractivity contribution >= 4 is 5.91 Å². The smallest absolute Gasteiger partial charge is 0.233 e. The van der Waals surface area contributed by atoms with E-state index in [2.05, 4.69) is 17.6 Å². The third kappa shape index (κ3) is 3.29. The largest absolute Gasteiger partial charge is 0.354 e. The molecule has 2 N–H and O–H groups in total. The topological polar surface area (TPSA) is 41.1 Å². The Kier molecular flexibility index (Phi) is 2.77. The second-order valence-corrected chi connectivity index (χ2v) is 5.16. The quantitative estimate of drug-likeness (QED) is 0.663. The molecule has 2 rings (SSSR count). The van der Waals surface area contributed by atoms with Gasteiger partial charge in [-0.05, 0) is 43.6 Å². The minimum absolute atomic E-state index is 0.152. The molecular weight excluding hydrogens is 176 g/mol. The maximum atomic E-state index is 11.3. The molecule has 0 aromatic heterocycles. The van der Waals surface area contributed by atoms with Gasteiger partial charge in [-0.3, -0.25) is 4.79 Å². The van der Waals surface area contributed by atoms with Crippen molar-refractivity contribution in [1.29, 1.82) is 0 Å². The average molecular weight is 196 g/mol. The Labute approximate surface area is 85.6 Å². The summed E-state index contributed by atoms with van der Waals surface area (Å²) in [5.41, 5.74) is 0.423. The van der Waals surface area contributed by atoms with Gasteiger partial charge in [-0.25, -0.2) is 0 Å². The minimum Gasteiger partial charge on any atom is -0.354 e. The van der Waals surface area contributed by atoms with E-state index in [4.69, 9.17) is 0 Å². The molecule has 3 heteroatoms. The van der Waals surface area contributed by atoms with E-state index in [1.54, 1.807) is 0 Å². The summed E-state index contributed by atoms with van der Waals surface area (Å²) in [6, 6.07) is 0. The molecule has 2 aliphatic carbocycles. The predicted octanol–water partition coefficient (Wildman–Crippen LogP) is 0.902. The molecule has 0 atom stereocenters. The van der Waals surface area contributed by atoms with Gasteiger partial charge < -0.3 is 10.6 Å². The third-order valence-corrected chi connectivity index (χ3v) is 3.23. The first-order valence-electron chi connectivity index (χ1n) is 5.65. The summed E-state index contributed by atoms with van der Waals surface area (Å²) < 4.78 is 0. The van der Waals surface area contributed by atoms with E-state index >= 15 is 0 Å². The van der Waals surface area contributed by atoms with Crippen molar-refractivity contribution in [3.05, 3.63) is 0 Å². The van der Waals surface area contributed by atoms with Crippen molar-refractivity contribution in [2.75, 3.05) is 19.6 Å². The van der Waals surface area contributed by atoms with Crippen molar-refractivity contribution in [2.24, 2.45) is 11.3 Å². The summed E-state index contributed by atoms with van der Waals surface area (Å²) in [6.45, 7) is 4.60. The maximum Gasteiger partial charge on any atom is 0.233 e. The number of amides is 1. The van der Waals surface area contributed by atoms with E-state index in [9.17, 15) is 4.79 Å². The van der Waals surface area contributed by atoms with Gasteiger partial charge in [0, 0.05) is 6.54 Å². The Balaban J connectivity index is 1.49. The SMILES string of the molecule is CC1(CNC(=O)CNCC2CC2)CC1. The molecule has 0 unspecified atom stereocenters. The van der Waals surface area contributed by atoms with E-state index < -0.39 is 0 Å². The summed E-state index contributed by atoms with van der Waals surface area (Å²) in [4.78, 5) is 11.3. The van der Waals surface area contributed by atoms with Crippen molar-refractivity contribution in [3.8, 4) is 0 Å². The van der Waals surface area contributed by atoms with Gasteiger partial charge in [0.25, 0.3) is 0 Å². The summed E-state index contributed by atoms with van der Waals surface area (Å²) in [7, 11) is 0. The van der Waals surface area contributed by atoms with Crippen LogP contribution < -0.4 is 10.6 Å². The van der Waals surface area contributed by atoms with Crippen LogP contribution in [0, 0.1) is 11.3 Å². The zero-order valence-electron chi connectivity index (χ0n) is 8.94. The predicted molar refractivity (Wildman–Crippen MR) is 55.9 cm³/mol. The highest BCUT2D eigenvalue weighted by Gasteiger charge is 2.37. The molecule has 0 heterocycles. The van der Waals surface area contributed by atoms with E-state index in [0.717, 1.165) is 19.0 Å². The normalized spacial score (nSPS) is 23.2. The lowest BCUT2D eigenvalue weighted by atomic mass is 10.1. The first kappa shape index (κ1) is 9.97.